The molecule has 0 aliphatic heterocycles. The quantitative estimate of drug-likeness (QED) is 0.569. The van der Waals surface area contributed by atoms with Crippen molar-refractivity contribution in [3.05, 3.63) is 58.5 Å². The minimum Gasteiger partial charge on any atom is -0.455 e. The molecule has 2 aromatic rings. The van der Waals surface area contributed by atoms with Crippen molar-refractivity contribution >= 4 is 17.5 Å². The van der Waals surface area contributed by atoms with Crippen LogP contribution < -0.4 is 10.9 Å². The highest BCUT2D eigenvalue weighted by Gasteiger charge is 2.36. The van der Waals surface area contributed by atoms with Crippen LogP contribution in [0.5, 0.6) is 0 Å². The molecular weight excluding hydrogens is 334 g/mol. The predicted molar refractivity (Wildman–Crippen MR) is 95.2 cm³/mol. The molecule has 0 radical (unpaired) electrons. The maximum absolute atomic E-state index is 12.5. The van der Waals surface area contributed by atoms with Crippen molar-refractivity contribution in [2.24, 2.45) is 10.6 Å². The lowest BCUT2D eigenvalue weighted by molar-refractivity contribution is 0.0828. The van der Waals surface area contributed by atoms with Crippen molar-refractivity contribution in [1.29, 1.82) is 0 Å². The molecule has 3 rings (SSSR count). The first-order chi connectivity index (χ1) is 12.3. The third kappa shape index (κ3) is 3.33. The standard InChI is InChI=1S/C19H21N3O4/c1-11-15-13(22-25)9-19(2,3)10-14(15)26-16(11)18(24)21-20-17(23)12-7-5-4-6-8-12/h4-8,25H,9-10H2,1-3H3,(H,20,23)(H,21,24)/b22-13-. The van der Waals surface area contributed by atoms with Crippen LogP contribution in [-0.4, -0.2) is 22.7 Å². The molecule has 1 aromatic heterocycles. The van der Waals surface area contributed by atoms with Gasteiger partial charge in [0.1, 0.15) is 5.76 Å². The molecule has 0 spiro atoms. The van der Waals surface area contributed by atoms with E-state index in [-0.39, 0.29) is 11.2 Å². The summed E-state index contributed by atoms with van der Waals surface area (Å²) in [6.45, 7) is 5.82. The monoisotopic (exact) mass is 355 g/mol. The molecule has 7 nitrogen and oxygen atoms in total. The summed E-state index contributed by atoms with van der Waals surface area (Å²) in [6, 6.07) is 8.56. The fourth-order valence-electron chi connectivity index (χ4n) is 3.25. The van der Waals surface area contributed by atoms with Gasteiger partial charge < -0.3 is 9.62 Å². The van der Waals surface area contributed by atoms with Crippen LogP contribution in [0.25, 0.3) is 0 Å². The summed E-state index contributed by atoms with van der Waals surface area (Å²) in [5, 5.41) is 12.7. The number of furan rings is 1. The molecule has 1 aromatic carbocycles. The van der Waals surface area contributed by atoms with E-state index in [0.717, 1.165) is 0 Å². The molecule has 1 aliphatic carbocycles. The van der Waals surface area contributed by atoms with Crippen LogP contribution in [0, 0.1) is 12.3 Å². The van der Waals surface area contributed by atoms with E-state index in [2.05, 4.69) is 16.0 Å². The Balaban J connectivity index is 1.79. The number of oxime groups is 1. The number of hydrogen-bond acceptors (Lipinski definition) is 5. The number of nitrogens with one attached hydrogen (secondary N) is 2. The molecule has 136 valence electrons. The lowest BCUT2D eigenvalue weighted by Gasteiger charge is -2.28. The second kappa shape index (κ2) is 6.67. The number of amides is 2. The van der Waals surface area contributed by atoms with Gasteiger partial charge in [-0.05, 0) is 30.9 Å². The summed E-state index contributed by atoms with van der Waals surface area (Å²) >= 11 is 0. The molecule has 0 saturated heterocycles. The fraction of sp³-hybridized carbons (Fsp3) is 0.316. The maximum Gasteiger partial charge on any atom is 0.305 e. The van der Waals surface area contributed by atoms with Gasteiger partial charge in [-0.25, -0.2) is 0 Å². The third-order valence-corrected chi connectivity index (χ3v) is 4.45. The minimum absolute atomic E-state index is 0.0993. The van der Waals surface area contributed by atoms with Crippen molar-refractivity contribution in [3.8, 4) is 0 Å². The zero-order valence-corrected chi connectivity index (χ0v) is 14.9. The van der Waals surface area contributed by atoms with E-state index in [4.69, 9.17) is 4.42 Å². The molecule has 0 fully saturated rings. The third-order valence-electron chi connectivity index (χ3n) is 4.45. The van der Waals surface area contributed by atoms with Crippen LogP contribution in [0.4, 0.5) is 0 Å². The summed E-state index contributed by atoms with van der Waals surface area (Å²) in [4.78, 5) is 24.5. The lowest BCUT2D eigenvalue weighted by Crippen LogP contribution is -2.41. The Morgan fingerprint density at radius 2 is 1.77 bits per heavy atom. The Labute approximate surface area is 151 Å². The van der Waals surface area contributed by atoms with Gasteiger partial charge in [-0.3, -0.25) is 20.4 Å². The first kappa shape index (κ1) is 17.7. The van der Waals surface area contributed by atoms with Crippen molar-refractivity contribution in [1.82, 2.24) is 10.9 Å². The van der Waals surface area contributed by atoms with Crippen molar-refractivity contribution in [3.63, 3.8) is 0 Å². The Morgan fingerprint density at radius 3 is 2.42 bits per heavy atom. The Bertz CT molecular complexity index is 882. The summed E-state index contributed by atoms with van der Waals surface area (Å²) in [5.41, 5.74) is 6.80. The van der Waals surface area contributed by atoms with E-state index >= 15 is 0 Å². The van der Waals surface area contributed by atoms with Crippen molar-refractivity contribution < 1.29 is 19.2 Å². The van der Waals surface area contributed by atoms with E-state index in [1.807, 2.05) is 13.8 Å². The van der Waals surface area contributed by atoms with Crippen LogP contribution in [0.3, 0.4) is 0 Å². The Morgan fingerprint density at radius 1 is 1.12 bits per heavy atom. The molecule has 0 unspecified atom stereocenters. The highest BCUT2D eigenvalue weighted by molar-refractivity contribution is 6.07. The predicted octanol–water partition coefficient (Wildman–Crippen LogP) is 2.81. The topological polar surface area (TPSA) is 104 Å². The van der Waals surface area contributed by atoms with Gasteiger partial charge in [-0.1, -0.05) is 37.2 Å². The largest absolute Gasteiger partial charge is 0.455 e. The number of hydrogen-bond donors (Lipinski definition) is 3. The number of nitrogens with zero attached hydrogens (tertiary/aromatic N) is 1. The number of benzene rings is 1. The first-order valence-corrected chi connectivity index (χ1v) is 8.32. The number of hydrazine groups is 1. The van der Waals surface area contributed by atoms with E-state index < -0.39 is 11.8 Å². The molecule has 0 atom stereocenters. The van der Waals surface area contributed by atoms with Crippen LogP contribution in [0.15, 0.2) is 39.9 Å². The SMILES string of the molecule is Cc1c(C(=O)NNC(=O)c2ccccc2)oc2c1/C(=N\O)CC(C)(C)C2. The van der Waals surface area contributed by atoms with Gasteiger partial charge in [0.05, 0.1) is 5.71 Å². The smallest absolute Gasteiger partial charge is 0.305 e. The zero-order valence-electron chi connectivity index (χ0n) is 14.9. The fourth-order valence-corrected chi connectivity index (χ4v) is 3.25. The number of fused-ring (bicyclic) bond motifs is 1. The van der Waals surface area contributed by atoms with Crippen molar-refractivity contribution in [2.45, 2.75) is 33.6 Å². The number of rotatable bonds is 2. The molecule has 2 amide bonds. The number of carbonyl (C=O) groups is 2. The lowest BCUT2D eigenvalue weighted by atomic mass is 9.75. The highest BCUT2D eigenvalue weighted by Crippen LogP contribution is 2.38. The Hall–Kier alpha value is -3.09. The summed E-state index contributed by atoms with van der Waals surface area (Å²) in [6.07, 6.45) is 1.22. The van der Waals surface area contributed by atoms with Crippen LogP contribution >= 0.6 is 0 Å². The van der Waals surface area contributed by atoms with Gasteiger partial charge in [-0.2, -0.15) is 0 Å². The number of carbonyl (C=O) groups excluding carboxylic acids is 2. The molecular formula is C19H21N3O4. The average molecular weight is 355 g/mol. The van der Waals surface area contributed by atoms with Crippen LogP contribution in [-0.2, 0) is 6.42 Å². The van der Waals surface area contributed by atoms with E-state index in [9.17, 15) is 14.8 Å². The van der Waals surface area contributed by atoms with Gasteiger partial charge in [0.15, 0.2) is 5.76 Å². The molecule has 7 heteroatoms. The Kier molecular flexibility index (Phi) is 4.54. The molecule has 26 heavy (non-hydrogen) atoms. The van der Waals surface area contributed by atoms with Crippen molar-refractivity contribution in [2.75, 3.05) is 0 Å². The van der Waals surface area contributed by atoms with Crippen LogP contribution in [0.1, 0.15) is 58.1 Å². The maximum atomic E-state index is 12.5. The normalized spacial score (nSPS) is 16.8. The summed E-state index contributed by atoms with van der Waals surface area (Å²) in [7, 11) is 0. The minimum atomic E-state index is -0.559. The highest BCUT2D eigenvalue weighted by atomic mass is 16.4. The van der Waals surface area contributed by atoms with E-state index in [1.54, 1.807) is 37.3 Å². The second-order valence-electron chi connectivity index (χ2n) is 7.19. The molecule has 0 saturated carbocycles. The summed E-state index contributed by atoms with van der Waals surface area (Å²) in [5.74, 6) is -0.267. The van der Waals surface area contributed by atoms with Gasteiger partial charge >= 0.3 is 5.91 Å². The van der Waals surface area contributed by atoms with Gasteiger partial charge in [0, 0.05) is 23.1 Å². The van der Waals surface area contributed by atoms with Crippen LogP contribution in [0.2, 0.25) is 0 Å². The van der Waals surface area contributed by atoms with E-state index in [1.165, 1.54) is 0 Å². The van der Waals surface area contributed by atoms with Gasteiger partial charge in [-0.15, -0.1) is 0 Å². The average Bonchev–Trinajstić information content (AvgIpc) is 2.94. The van der Waals surface area contributed by atoms with E-state index in [0.29, 0.717) is 41.0 Å². The van der Waals surface area contributed by atoms with Gasteiger partial charge in [0.2, 0.25) is 0 Å². The van der Waals surface area contributed by atoms with Gasteiger partial charge in [0.25, 0.3) is 5.91 Å². The summed E-state index contributed by atoms with van der Waals surface area (Å²) < 4.78 is 5.75. The zero-order chi connectivity index (χ0) is 18.9. The second-order valence-corrected chi connectivity index (χ2v) is 7.19. The molecule has 1 heterocycles. The molecule has 0 bridgehead atoms. The first-order valence-electron chi connectivity index (χ1n) is 8.32. The molecule has 3 N–H and O–H groups in total. The molecule has 1 aliphatic rings.